The average Bonchev–Trinajstić information content (AvgIpc) is 3.81. The molecule has 0 aliphatic heterocycles. The maximum absolute atomic E-state index is 2.42. The van der Waals surface area contributed by atoms with Crippen molar-refractivity contribution in [1.82, 2.24) is 9.13 Å². The molecule has 0 fully saturated rings. The van der Waals surface area contributed by atoms with E-state index in [0.29, 0.717) is 0 Å². The van der Waals surface area contributed by atoms with Crippen LogP contribution in [0.25, 0.3) is 110 Å². The smallest absolute Gasteiger partial charge is 0.0547 e. The van der Waals surface area contributed by atoms with Crippen molar-refractivity contribution in [1.29, 1.82) is 0 Å². The predicted octanol–water partition coefficient (Wildman–Crippen LogP) is 15.2. The molecule has 0 aliphatic rings. The third kappa shape index (κ3) is 5.05. The molecule has 0 unspecified atom stereocenters. The number of aromatic nitrogens is 2. The summed E-state index contributed by atoms with van der Waals surface area (Å²) in [4.78, 5) is 0. The van der Waals surface area contributed by atoms with Crippen LogP contribution in [0, 0.1) is 0 Å². The molecule has 10 aromatic carbocycles. The first-order chi connectivity index (χ1) is 28.8. The van der Waals surface area contributed by atoms with Gasteiger partial charge in [-0.25, -0.2) is 0 Å². The Morgan fingerprint density at radius 3 is 1.02 bits per heavy atom. The third-order valence-electron chi connectivity index (χ3n) is 12.1. The van der Waals surface area contributed by atoms with Gasteiger partial charge in [-0.05, 0) is 103 Å². The van der Waals surface area contributed by atoms with E-state index in [1.807, 2.05) is 0 Å². The summed E-state index contributed by atoms with van der Waals surface area (Å²) < 4.78 is 4.85. The SMILES string of the molecule is c1ccc2c(-c3ccc(-n4c5ccccc5c5ccc(-c6ccc7c8ccccc8n(-c8ccc(-c9cccc%10ccccc9%10)cc8)c7c6)cc54)cc3)cccc2c1. The van der Waals surface area contributed by atoms with Crippen LogP contribution in [0.1, 0.15) is 0 Å². The predicted molar refractivity (Wildman–Crippen MR) is 246 cm³/mol. The summed E-state index contributed by atoms with van der Waals surface area (Å²) in [5, 5.41) is 10.1. The van der Waals surface area contributed by atoms with Gasteiger partial charge in [0.2, 0.25) is 0 Å². The summed E-state index contributed by atoms with van der Waals surface area (Å²) >= 11 is 0. The molecule has 12 aromatic rings. The Kier molecular flexibility index (Phi) is 7.26. The highest BCUT2D eigenvalue weighted by Crippen LogP contribution is 2.39. The van der Waals surface area contributed by atoms with E-state index < -0.39 is 0 Å². The summed E-state index contributed by atoms with van der Waals surface area (Å²) in [7, 11) is 0. The lowest BCUT2D eigenvalue weighted by atomic mass is 9.98. The fourth-order valence-electron chi connectivity index (χ4n) is 9.39. The van der Waals surface area contributed by atoms with Gasteiger partial charge in [0.05, 0.1) is 22.1 Å². The molecular formula is C56H36N2. The number of hydrogen-bond donors (Lipinski definition) is 0. The molecule has 0 spiro atoms. The molecule has 0 saturated heterocycles. The second-order valence-electron chi connectivity index (χ2n) is 15.3. The quantitative estimate of drug-likeness (QED) is 0.167. The van der Waals surface area contributed by atoms with Crippen molar-refractivity contribution in [3.63, 3.8) is 0 Å². The molecule has 0 saturated carbocycles. The molecule has 2 nitrogen and oxygen atoms in total. The van der Waals surface area contributed by atoms with Gasteiger partial charge in [0, 0.05) is 32.9 Å². The standard InChI is InChI=1S/C56H36N2/c1-3-15-45-37(11-1)13-9-19-47(45)39-23-29-43(30-24-39)57-53-21-7-5-17-49(53)51-33-27-41(35-55(51)57)42-28-34-52-50-18-6-8-22-54(50)58(56(52)36-42)44-31-25-40(26-32-44)48-20-10-14-38-12-2-4-16-46(38)48/h1-36H. The van der Waals surface area contributed by atoms with Crippen molar-refractivity contribution >= 4 is 65.2 Å². The summed E-state index contributed by atoms with van der Waals surface area (Å²) in [6, 6.07) is 80.0. The van der Waals surface area contributed by atoms with Crippen molar-refractivity contribution in [3.05, 3.63) is 218 Å². The Bertz CT molecular complexity index is 3300. The van der Waals surface area contributed by atoms with Crippen LogP contribution in [-0.4, -0.2) is 9.13 Å². The average molecular weight is 737 g/mol. The largest absolute Gasteiger partial charge is 0.309 e. The number of benzene rings is 10. The van der Waals surface area contributed by atoms with E-state index in [4.69, 9.17) is 0 Å². The Morgan fingerprint density at radius 2 is 0.569 bits per heavy atom. The van der Waals surface area contributed by atoms with Crippen LogP contribution in [0.3, 0.4) is 0 Å². The summed E-state index contributed by atoms with van der Waals surface area (Å²) in [6.45, 7) is 0. The lowest BCUT2D eigenvalue weighted by Gasteiger charge is -2.12. The number of rotatable bonds is 5. The topological polar surface area (TPSA) is 9.86 Å². The molecule has 0 amide bonds. The summed E-state index contributed by atoms with van der Waals surface area (Å²) in [5.41, 5.74) is 14.4. The van der Waals surface area contributed by atoms with Gasteiger partial charge in [-0.1, -0.05) is 170 Å². The second-order valence-corrected chi connectivity index (χ2v) is 15.3. The van der Waals surface area contributed by atoms with E-state index in [1.165, 1.54) is 98.5 Å². The highest BCUT2D eigenvalue weighted by atomic mass is 15.0. The van der Waals surface area contributed by atoms with Crippen LogP contribution < -0.4 is 0 Å². The Hall–Kier alpha value is -7.68. The van der Waals surface area contributed by atoms with Crippen molar-refractivity contribution in [2.45, 2.75) is 0 Å². The van der Waals surface area contributed by atoms with E-state index >= 15 is 0 Å². The van der Waals surface area contributed by atoms with Crippen molar-refractivity contribution in [2.75, 3.05) is 0 Å². The summed E-state index contributed by atoms with van der Waals surface area (Å²) in [6.07, 6.45) is 0. The molecule has 58 heavy (non-hydrogen) atoms. The molecule has 12 rings (SSSR count). The minimum Gasteiger partial charge on any atom is -0.309 e. The van der Waals surface area contributed by atoms with Gasteiger partial charge in [0.1, 0.15) is 0 Å². The molecular weight excluding hydrogens is 701 g/mol. The number of nitrogens with zero attached hydrogens (tertiary/aromatic N) is 2. The van der Waals surface area contributed by atoms with Gasteiger partial charge in [-0.2, -0.15) is 0 Å². The molecule has 2 heterocycles. The minimum absolute atomic E-state index is 1.15. The van der Waals surface area contributed by atoms with Crippen LogP contribution in [0.4, 0.5) is 0 Å². The maximum Gasteiger partial charge on any atom is 0.0547 e. The lowest BCUT2D eigenvalue weighted by Crippen LogP contribution is -1.95. The van der Waals surface area contributed by atoms with Gasteiger partial charge in [-0.3, -0.25) is 0 Å². The summed E-state index contributed by atoms with van der Waals surface area (Å²) in [5.74, 6) is 0. The van der Waals surface area contributed by atoms with Crippen LogP contribution in [0.15, 0.2) is 218 Å². The van der Waals surface area contributed by atoms with Crippen molar-refractivity contribution in [2.24, 2.45) is 0 Å². The van der Waals surface area contributed by atoms with Gasteiger partial charge < -0.3 is 9.13 Å². The molecule has 0 bridgehead atoms. The second kappa shape index (κ2) is 12.9. The molecule has 0 radical (unpaired) electrons. The van der Waals surface area contributed by atoms with Gasteiger partial charge >= 0.3 is 0 Å². The van der Waals surface area contributed by atoms with Crippen LogP contribution >= 0.6 is 0 Å². The highest BCUT2D eigenvalue weighted by Gasteiger charge is 2.17. The Balaban J connectivity index is 0.986. The van der Waals surface area contributed by atoms with E-state index in [1.54, 1.807) is 0 Å². The number of fused-ring (bicyclic) bond motifs is 8. The zero-order chi connectivity index (χ0) is 38.2. The van der Waals surface area contributed by atoms with Crippen molar-refractivity contribution < 1.29 is 0 Å². The fraction of sp³-hybridized carbons (Fsp3) is 0. The molecule has 2 heteroatoms. The van der Waals surface area contributed by atoms with Crippen molar-refractivity contribution in [3.8, 4) is 44.8 Å². The fourth-order valence-corrected chi connectivity index (χ4v) is 9.39. The van der Waals surface area contributed by atoms with Crippen LogP contribution in [0.5, 0.6) is 0 Å². The van der Waals surface area contributed by atoms with Gasteiger partial charge in [0.15, 0.2) is 0 Å². The first-order valence-corrected chi connectivity index (χ1v) is 20.0. The Labute approximate surface area is 336 Å². The van der Waals surface area contributed by atoms with Gasteiger partial charge in [-0.15, -0.1) is 0 Å². The first-order valence-electron chi connectivity index (χ1n) is 20.0. The molecule has 0 N–H and O–H groups in total. The van der Waals surface area contributed by atoms with E-state index in [-0.39, 0.29) is 0 Å². The van der Waals surface area contributed by atoms with E-state index in [9.17, 15) is 0 Å². The zero-order valence-electron chi connectivity index (χ0n) is 31.7. The zero-order valence-corrected chi connectivity index (χ0v) is 31.7. The van der Waals surface area contributed by atoms with Crippen LogP contribution in [-0.2, 0) is 0 Å². The monoisotopic (exact) mass is 736 g/mol. The Morgan fingerprint density at radius 1 is 0.224 bits per heavy atom. The normalized spacial score (nSPS) is 11.8. The number of hydrogen-bond acceptors (Lipinski definition) is 0. The molecule has 0 aliphatic carbocycles. The van der Waals surface area contributed by atoms with Crippen LogP contribution in [0.2, 0.25) is 0 Å². The van der Waals surface area contributed by atoms with Gasteiger partial charge in [0.25, 0.3) is 0 Å². The van der Waals surface area contributed by atoms with E-state index in [0.717, 1.165) is 11.4 Å². The lowest BCUT2D eigenvalue weighted by molar-refractivity contribution is 1.18. The molecule has 2 aromatic heterocycles. The maximum atomic E-state index is 2.42. The highest BCUT2D eigenvalue weighted by molar-refractivity contribution is 6.12. The molecule has 270 valence electrons. The third-order valence-corrected chi connectivity index (χ3v) is 12.1. The molecule has 0 atom stereocenters. The minimum atomic E-state index is 1.15. The van der Waals surface area contributed by atoms with E-state index in [2.05, 4.69) is 228 Å². The number of para-hydroxylation sites is 2. The first kappa shape index (κ1) is 32.6.